The van der Waals surface area contributed by atoms with Gasteiger partial charge in [0.25, 0.3) is 0 Å². The molecule has 0 spiro atoms. The minimum absolute atomic E-state index is 0.247. The van der Waals surface area contributed by atoms with Crippen molar-refractivity contribution >= 4 is 29.2 Å². The summed E-state index contributed by atoms with van der Waals surface area (Å²) >= 11 is 0. The van der Waals surface area contributed by atoms with Crippen LogP contribution < -0.4 is 20.4 Å². The molecule has 0 aliphatic carbocycles. The van der Waals surface area contributed by atoms with E-state index in [-0.39, 0.29) is 5.95 Å². The molecule has 34 heavy (non-hydrogen) atoms. The summed E-state index contributed by atoms with van der Waals surface area (Å²) in [7, 11) is 0. The molecule has 2 N–H and O–H groups in total. The van der Waals surface area contributed by atoms with Gasteiger partial charge in [0.2, 0.25) is 11.9 Å². The highest BCUT2D eigenvalue weighted by Gasteiger charge is 2.30. The lowest BCUT2D eigenvalue weighted by Crippen LogP contribution is -2.37. The molecule has 2 saturated heterocycles. The number of nitrogens with two attached hydrogens (primary N) is 1. The molecule has 0 radical (unpaired) electrons. The second-order valence-corrected chi connectivity index (χ2v) is 8.48. The Hall–Kier alpha value is -3.57. The Labute approximate surface area is 197 Å². The lowest BCUT2D eigenvalue weighted by Gasteiger charge is -2.29. The highest BCUT2D eigenvalue weighted by Crippen LogP contribution is 2.39. The zero-order chi connectivity index (χ0) is 22.9. The van der Waals surface area contributed by atoms with Gasteiger partial charge < -0.3 is 29.9 Å². The molecule has 3 aromatic rings. The van der Waals surface area contributed by atoms with Crippen LogP contribution in [0, 0.1) is 0 Å². The SMILES string of the molecule is Nc1ncc(-c2nc(N3CCOCC3)nc3c2CCN3c2ccnc(N3CCOCC3)c2)cn1. The van der Waals surface area contributed by atoms with Crippen LogP contribution in [0.5, 0.6) is 0 Å². The van der Waals surface area contributed by atoms with E-state index in [4.69, 9.17) is 25.2 Å². The van der Waals surface area contributed by atoms with Gasteiger partial charge in [-0.15, -0.1) is 0 Å². The van der Waals surface area contributed by atoms with E-state index in [9.17, 15) is 0 Å². The van der Waals surface area contributed by atoms with Gasteiger partial charge in [-0.3, -0.25) is 0 Å². The van der Waals surface area contributed by atoms with E-state index in [1.54, 1.807) is 12.4 Å². The van der Waals surface area contributed by atoms with Gasteiger partial charge in [0.05, 0.1) is 32.1 Å². The van der Waals surface area contributed by atoms with Gasteiger partial charge in [-0.1, -0.05) is 0 Å². The van der Waals surface area contributed by atoms with Crippen molar-refractivity contribution in [1.82, 2.24) is 24.9 Å². The van der Waals surface area contributed by atoms with Crippen LogP contribution in [0.4, 0.5) is 29.2 Å². The molecule has 3 aliphatic heterocycles. The fourth-order valence-corrected chi connectivity index (χ4v) is 4.64. The predicted octanol–water partition coefficient (Wildman–Crippen LogP) is 1.28. The molecule has 0 saturated carbocycles. The van der Waals surface area contributed by atoms with Crippen LogP contribution in [-0.4, -0.2) is 84.1 Å². The molecule has 0 amide bonds. The van der Waals surface area contributed by atoms with E-state index in [1.807, 2.05) is 12.3 Å². The molecular formula is C23H27N9O2. The summed E-state index contributed by atoms with van der Waals surface area (Å²) in [6.45, 7) is 6.79. The molecule has 3 aliphatic rings. The zero-order valence-electron chi connectivity index (χ0n) is 18.9. The van der Waals surface area contributed by atoms with Gasteiger partial charge in [0.15, 0.2) is 0 Å². The molecule has 11 nitrogen and oxygen atoms in total. The summed E-state index contributed by atoms with van der Waals surface area (Å²) in [4.78, 5) is 29.7. The fraction of sp³-hybridized carbons (Fsp3) is 0.435. The molecular weight excluding hydrogens is 434 g/mol. The van der Waals surface area contributed by atoms with Crippen molar-refractivity contribution in [3.05, 3.63) is 36.3 Å². The third-order valence-electron chi connectivity index (χ3n) is 6.43. The molecule has 6 rings (SSSR count). The van der Waals surface area contributed by atoms with Gasteiger partial charge in [-0.2, -0.15) is 4.98 Å². The standard InChI is InChI=1S/C23H27N9O2/c24-22-26-14-16(15-27-22)20-18-2-4-32(21(18)29-23(28-20)31-7-11-34-12-8-31)17-1-3-25-19(13-17)30-5-9-33-10-6-30/h1,3,13-15H,2,4-12H2,(H2,24,26,27). The van der Waals surface area contributed by atoms with Gasteiger partial charge in [0, 0.05) is 74.2 Å². The van der Waals surface area contributed by atoms with Crippen LogP contribution in [0.25, 0.3) is 11.3 Å². The van der Waals surface area contributed by atoms with E-state index in [0.29, 0.717) is 19.2 Å². The van der Waals surface area contributed by atoms with Crippen LogP contribution in [0.2, 0.25) is 0 Å². The van der Waals surface area contributed by atoms with E-state index in [2.05, 4.69) is 35.7 Å². The van der Waals surface area contributed by atoms with E-state index >= 15 is 0 Å². The number of ether oxygens (including phenoxy) is 2. The number of nitrogens with zero attached hydrogens (tertiary/aromatic N) is 8. The number of rotatable bonds is 4. The maximum atomic E-state index is 5.74. The lowest BCUT2D eigenvalue weighted by molar-refractivity contribution is 0.122. The fourth-order valence-electron chi connectivity index (χ4n) is 4.64. The molecule has 176 valence electrons. The summed E-state index contributed by atoms with van der Waals surface area (Å²) in [6, 6.07) is 4.19. The average Bonchev–Trinajstić information content (AvgIpc) is 3.34. The molecule has 0 atom stereocenters. The highest BCUT2D eigenvalue weighted by molar-refractivity contribution is 5.77. The smallest absolute Gasteiger partial charge is 0.228 e. The van der Waals surface area contributed by atoms with Crippen LogP contribution >= 0.6 is 0 Å². The molecule has 2 fully saturated rings. The van der Waals surface area contributed by atoms with Crippen molar-refractivity contribution < 1.29 is 9.47 Å². The number of hydrogen-bond donors (Lipinski definition) is 1. The van der Waals surface area contributed by atoms with E-state index in [0.717, 1.165) is 86.5 Å². The van der Waals surface area contributed by atoms with Crippen LogP contribution in [-0.2, 0) is 15.9 Å². The summed E-state index contributed by atoms with van der Waals surface area (Å²) < 4.78 is 11.0. The molecule has 6 heterocycles. The number of hydrogen-bond acceptors (Lipinski definition) is 11. The van der Waals surface area contributed by atoms with Crippen molar-refractivity contribution in [2.75, 3.05) is 79.6 Å². The summed E-state index contributed by atoms with van der Waals surface area (Å²) in [5.41, 5.74) is 9.60. The maximum absolute atomic E-state index is 5.74. The normalized spacial score (nSPS) is 18.3. The van der Waals surface area contributed by atoms with Crippen molar-refractivity contribution in [2.45, 2.75) is 6.42 Å². The monoisotopic (exact) mass is 461 g/mol. The lowest BCUT2D eigenvalue weighted by atomic mass is 10.1. The zero-order valence-corrected chi connectivity index (χ0v) is 18.9. The third kappa shape index (κ3) is 3.97. The number of morpholine rings is 2. The average molecular weight is 462 g/mol. The second-order valence-electron chi connectivity index (χ2n) is 8.48. The molecule has 0 aromatic carbocycles. The molecule has 0 bridgehead atoms. The summed E-state index contributed by atoms with van der Waals surface area (Å²) in [5.74, 6) is 2.83. The molecule has 0 unspecified atom stereocenters. The second kappa shape index (κ2) is 8.99. The van der Waals surface area contributed by atoms with Crippen LogP contribution in [0.1, 0.15) is 5.56 Å². The Morgan fingerprint density at radius 1 is 0.824 bits per heavy atom. The third-order valence-corrected chi connectivity index (χ3v) is 6.43. The first kappa shape index (κ1) is 21.0. The van der Waals surface area contributed by atoms with E-state index < -0.39 is 0 Å². The first-order valence-electron chi connectivity index (χ1n) is 11.6. The van der Waals surface area contributed by atoms with Crippen LogP contribution in [0.15, 0.2) is 30.7 Å². The predicted molar refractivity (Wildman–Crippen MR) is 128 cm³/mol. The number of anilines is 5. The Morgan fingerprint density at radius 2 is 1.53 bits per heavy atom. The van der Waals surface area contributed by atoms with Gasteiger partial charge in [-0.05, 0) is 12.5 Å². The molecule has 11 heteroatoms. The Bertz CT molecular complexity index is 1160. The minimum atomic E-state index is 0.247. The van der Waals surface area contributed by atoms with Crippen molar-refractivity contribution in [3.8, 4) is 11.3 Å². The highest BCUT2D eigenvalue weighted by atomic mass is 16.5. The van der Waals surface area contributed by atoms with Gasteiger partial charge in [0.1, 0.15) is 11.6 Å². The Morgan fingerprint density at radius 3 is 2.26 bits per heavy atom. The quantitative estimate of drug-likeness (QED) is 0.605. The summed E-state index contributed by atoms with van der Waals surface area (Å²) in [5, 5.41) is 0. The van der Waals surface area contributed by atoms with E-state index in [1.165, 1.54) is 0 Å². The number of fused-ring (bicyclic) bond motifs is 1. The topological polar surface area (TPSA) is 119 Å². The summed E-state index contributed by atoms with van der Waals surface area (Å²) in [6.07, 6.45) is 6.17. The van der Waals surface area contributed by atoms with Crippen molar-refractivity contribution in [1.29, 1.82) is 0 Å². The number of pyridine rings is 1. The van der Waals surface area contributed by atoms with Gasteiger partial charge in [-0.25, -0.2) is 19.9 Å². The largest absolute Gasteiger partial charge is 0.378 e. The van der Waals surface area contributed by atoms with Crippen LogP contribution in [0.3, 0.4) is 0 Å². The number of nitrogen functional groups attached to an aromatic ring is 1. The van der Waals surface area contributed by atoms with Gasteiger partial charge >= 0.3 is 0 Å². The minimum Gasteiger partial charge on any atom is -0.378 e. The first-order chi connectivity index (χ1) is 16.8. The maximum Gasteiger partial charge on any atom is 0.228 e. The Kier molecular flexibility index (Phi) is 5.55. The van der Waals surface area contributed by atoms with Crippen molar-refractivity contribution in [3.63, 3.8) is 0 Å². The molecule has 3 aromatic heterocycles. The van der Waals surface area contributed by atoms with Crippen molar-refractivity contribution in [2.24, 2.45) is 0 Å². The first-order valence-corrected chi connectivity index (χ1v) is 11.6. The number of aromatic nitrogens is 5. The Balaban J connectivity index is 1.41.